The zero-order valence-electron chi connectivity index (χ0n) is 16.2. The van der Waals surface area contributed by atoms with Gasteiger partial charge in [-0.2, -0.15) is 10.2 Å². The minimum atomic E-state index is 0.631. The van der Waals surface area contributed by atoms with E-state index in [-0.39, 0.29) is 0 Å². The molecular formula is C17H30N8. The van der Waals surface area contributed by atoms with Crippen molar-refractivity contribution in [2.45, 2.75) is 46.7 Å². The molecule has 0 aliphatic carbocycles. The number of hydrogen-bond donors (Lipinski definition) is 1. The van der Waals surface area contributed by atoms with E-state index in [0.29, 0.717) is 13.1 Å². The number of guanidine groups is 1. The van der Waals surface area contributed by atoms with Crippen LogP contribution in [0.2, 0.25) is 0 Å². The van der Waals surface area contributed by atoms with Crippen LogP contribution in [0.15, 0.2) is 11.3 Å². The van der Waals surface area contributed by atoms with Gasteiger partial charge >= 0.3 is 0 Å². The number of rotatable bonds is 7. The molecule has 2 heterocycles. The number of aliphatic imine (C=N–C) groups is 1. The molecule has 138 valence electrons. The molecule has 2 rings (SSSR count). The van der Waals surface area contributed by atoms with Crippen LogP contribution in [0.1, 0.15) is 43.5 Å². The van der Waals surface area contributed by atoms with Gasteiger partial charge in [-0.3, -0.25) is 9.36 Å². The van der Waals surface area contributed by atoms with Crippen LogP contribution in [0.5, 0.6) is 0 Å². The molecule has 0 atom stereocenters. The highest BCUT2D eigenvalue weighted by Gasteiger charge is 2.15. The van der Waals surface area contributed by atoms with Crippen molar-refractivity contribution in [1.82, 2.24) is 34.8 Å². The maximum absolute atomic E-state index is 4.85. The summed E-state index contributed by atoms with van der Waals surface area (Å²) < 4.78 is 3.77. The quantitative estimate of drug-likeness (QED) is 0.603. The van der Waals surface area contributed by atoms with Gasteiger partial charge < -0.3 is 10.2 Å². The van der Waals surface area contributed by atoms with Gasteiger partial charge in [0, 0.05) is 38.9 Å². The molecular weight excluding hydrogens is 316 g/mol. The number of aryl methyl sites for hydroxylation is 3. The SMILES string of the molecule is CCNC(=NCc1c(CC)nn(C)c1CC)N(C)Cc1ncnn1C. The molecule has 0 amide bonds. The average molecular weight is 346 g/mol. The zero-order valence-corrected chi connectivity index (χ0v) is 16.2. The van der Waals surface area contributed by atoms with Crippen LogP contribution in [0, 0.1) is 0 Å². The number of aromatic nitrogens is 5. The largest absolute Gasteiger partial charge is 0.357 e. The Morgan fingerprint density at radius 3 is 2.52 bits per heavy atom. The Bertz CT molecular complexity index is 712. The van der Waals surface area contributed by atoms with Gasteiger partial charge in [0.2, 0.25) is 0 Å². The minimum absolute atomic E-state index is 0.631. The average Bonchev–Trinajstić information content (AvgIpc) is 3.13. The maximum atomic E-state index is 4.85. The first-order valence-electron chi connectivity index (χ1n) is 8.87. The monoisotopic (exact) mass is 346 g/mol. The van der Waals surface area contributed by atoms with E-state index in [1.54, 1.807) is 11.0 Å². The van der Waals surface area contributed by atoms with Gasteiger partial charge in [-0.15, -0.1) is 0 Å². The number of hydrogen-bond acceptors (Lipinski definition) is 4. The van der Waals surface area contributed by atoms with Gasteiger partial charge in [0.15, 0.2) is 5.96 Å². The predicted octanol–water partition coefficient (Wildman–Crippen LogP) is 1.27. The molecule has 0 saturated heterocycles. The van der Waals surface area contributed by atoms with E-state index in [1.807, 2.05) is 25.8 Å². The lowest BCUT2D eigenvalue weighted by Gasteiger charge is -2.21. The molecule has 25 heavy (non-hydrogen) atoms. The van der Waals surface area contributed by atoms with Crippen LogP contribution in [0.25, 0.3) is 0 Å². The smallest absolute Gasteiger partial charge is 0.194 e. The van der Waals surface area contributed by atoms with E-state index in [4.69, 9.17) is 4.99 Å². The summed E-state index contributed by atoms with van der Waals surface area (Å²) in [6, 6.07) is 0. The van der Waals surface area contributed by atoms with Crippen LogP contribution < -0.4 is 5.32 Å². The Hall–Kier alpha value is -2.38. The van der Waals surface area contributed by atoms with Crippen molar-refractivity contribution < 1.29 is 0 Å². The molecule has 0 unspecified atom stereocenters. The lowest BCUT2D eigenvalue weighted by molar-refractivity contribution is 0.448. The highest BCUT2D eigenvalue weighted by atomic mass is 15.4. The lowest BCUT2D eigenvalue weighted by Crippen LogP contribution is -2.39. The normalized spacial score (nSPS) is 11.8. The first kappa shape index (κ1) is 19.0. The molecule has 0 aliphatic heterocycles. The summed E-state index contributed by atoms with van der Waals surface area (Å²) in [5.41, 5.74) is 3.64. The number of nitrogens with zero attached hydrogens (tertiary/aromatic N) is 7. The Morgan fingerprint density at radius 2 is 1.96 bits per heavy atom. The Kier molecular flexibility index (Phi) is 6.55. The molecule has 0 aliphatic rings. The van der Waals surface area contributed by atoms with Crippen LogP contribution in [-0.4, -0.2) is 49.0 Å². The van der Waals surface area contributed by atoms with Crippen LogP contribution >= 0.6 is 0 Å². The molecule has 1 N–H and O–H groups in total. The van der Waals surface area contributed by atoms with E-state index in [0.717, 1.165) is 36.9 Å². The van der Waals surface area contributed by atoms with E-state index >= 15 is 0 Å². The fourth-order valence-corrected chi connectivity index (χ4v) is 2.95. The molecule has 2 aromatic rings. The molecule has 0 fully saturated rings. The first-order valence-corrected chi connectivity index (χ1v) is 8.87. The third kappa shape index (κ3) is 4.37. The topological polar surface area (TPSA) is 76.2 Å². The van der Waals surface area contributed by atoms with Crippen molar-refractivity contribution in [3.63, 3.8) is 0 Å². The zero-order chi connectivity index (χ0) is 18.4. The van der Waals surface area contributed by atoms with Crippen LogP contribution in [0.3, 0.4) is 0 Å². The van der Waals surface area contributed by atoms with Gasteiger partial charge in [-0.05, 0) is 19.8 Å². The molecule has 2 aromatic heterocycles. The molecule has 8 heteroatoms. The van der Waals surface area contributed by atoms with Crippen LogP contribution in [0.4, 0.5) is 0 Å². The summed E-state index contributed by atoms with van der Waals surface area (Å²) in [7, 11) is 5.93. The van der Waals surface area contributed by atoms with Crippen molar-refractivity contribution in [3.8, 4) is 0 Å². The van der Waals surface area contributed by atoms with Gasteiger partial charge in [-0.25, -0.2) is 9.98 Å². The Labute approximate surface area is 150 Å². The minimum Gasteiger partial charge on any atom is -0.357 e. The Morgan fingerprint density at radius 1 is 1.20 bits per heavy atom. The molecule has 0 radical (unpaired) electrons. The fourth-order valence-electron chi connectivity index (χ4n) is 2.95. The van der Waals surface area contributed by atoms with Crippen molar-refractivity contribution in [2.75, 3.05) is 13.6 Å². The maximum Gasteiger partial charge on any atom is 0.194 e. The third-order valence-electron chi connectivity index (χ3n) is 4.29. The van der Waals surface area contributed by atoms with Crippen molar-refractivity contribution >= 4 is 5.96 Å². The molecule has 0 aromatic carbocycles. The summed E-state index contributed by atoms with van der Waals surface area (Å²) >= 11 is 0. The summed E-state index contributed by atoms with van der Waals surface area (Å²) in [6.07, 6.45) is 3.45. The number of nitrogens with one attached hydrogen (secondary N) is 1. The molecule has 8 nitrogen and oxygen atoms in total. The van der Waals surface area contributed by atoms with Gasteiger partial charge in [0.1, 0.15) is 12.2 Å². The van der Waals surface area contributed by atoms with Crippen molar-refractivity contribution in [2.24, 2.45) is 19.1 Å². The second-order valence-electron chi connectivity index (χ2n) is 6.03. The van der Waals surface area contributed by atoms with E-state index in [1.165, 1.54) is 11.3 Å². The van der Waals surface area contributed by atoms with Gasteiger partial charge in [-0.1, -0.05) is 13.8 Å². The third-order valence-corrected chi connectivity index (χ3v) is 4.29. The fraction of sp³-hybridized carbons (Fsp3) is 0.647. The first-order chi connectivity index (χ1) is 12.0. The van der Waals surface area contributed by atoms with Crippen molar-refractivity contribution in [3.05, 3.63) is 29.1 Å². The molecule has 0 saturated carbocycles. The highest BCUT2D eigenvalue weighted by molar-refractivity contribution is 5.79. The second-order valence-corrected chi connectivity index (χ2v) is 6.03. The van der Waals surface area contributed by atoms with E-state index < -0.39 is 0 Å². The summed E-state index contributed by atoms with van der Waals surface area (Å²) in [5, 5.41) is 12.1. The van der Waals surface area contributed by atoms with E-state index in [9.17, 15) is 0 Å². The Balaban J connectivity index is 2.21. The molecule has 0 spiro atoms. The second kappa shape index (κ2) is 8.64. The summed E-state index contributed by atoms with van der Waals surface area (Å²) in [4.78, 5) is 11.2. The standard InChI is InChI=1S/C17H30N8/c1-7-14-13(15(8-2)24(5)22-14)10-19-17(18-9-3)23(4)11-16-20-12-21-25(16)6/h12H,7-11H2,1-6H3,(H,18,19). The molecule has 0 bridgehead atoms. The summed E-state index contributed by atoms with van der Waals surface area (Å²) in [6.45, 7) is 8.47. The van der Waals surface area contributed by atoms with Gasteiger partial charge in [0.25, 0.3) is 0 Å². The van der Waals surface area contributed by atoms with Crippen molar-refractivity contribution in [1.29, 1.82) is 0 Å². The highest BCUT2D eigenvalue weighted by Crippen LogP contribution is 2.16. The summed E-state index contributed by atoms with van der Waals surface area (Å²) in [5.74, 6) is 1.76. The predicted molar refractivity (Wildman–Crippen MR) is 99.2 cm³/mol. The van der Waals surface area contributed by atoms with Gasteiger partial charge in [0.05, 0.1) is 18.8 Å². The lowest BCUT2D eigenvalue weighted by atomic mass is 10.1. The van der Waals surface area contributed by atoms with E-state index in [2.05, 4.69) is 46.2 Å². The van der Waals surface area contributed by atoms with Crippen LogP contribution in [-0.2, 0) is 40.0 Å².